The first-order chi connectivity index (χ1) is 28.9. The van der Waals surface area contributed by atoms with Crippen molar-refractivity contribution in [3.63, 3.8) is 0 Å². The van der Waals surface area contributed by atoms with Crippen LogP contribution in [0, 0.1) is 11.8 Å². The second-order valence-electron chi connectivity index (χ2n) is 17.4. The highest BCUT2D eigenvalue weighted by Crippen LogP contribution is 2.38. The summed E-state index contributed by atoms with van der Waals surface area (Å²) in [5, 5.41) is 48.5. The third-order valence-corrected chi connectivity index (χ3v) is 12.2. The van der Waals surface area contributed by atoms with Gasteiger partial charge in [0.05, 0.1) is 49.0 Å². The molecule has 1 aromatic heterocycles. The lowest BCUT2D eigenvalue weighted by atomic mass is 9.81. The number of rotatable bonds is 11. The lowest BCUT2D eigenvalue weighted by Gasteiger charge is -2.50. The summed E-state index contributed by atoms with van der Waals surface area (Å²) in [4.78, 5) is 50.5. The van der Waals surface area contributed by atoms with Crippen molar-refractivity contribution in [2.24, 2.45) is 11.8 Å². The fourth-order valence-corrected chi connectivity index (χ4v) is 9.04. The van der Waals surface area contributed by atoms with Crippen molar-refractivity contribution in [3.8, 4) is 0 Å². The second kappa shape index (κ2) is 21.5. The van der Waals surface area contributed by atoms with E-state index >= 15 is 0 Å². The van der Waals surface area contributed by atoms with E-state index in [1.54, 1.807) is 83.1 Å². The maximum Gasteiger partial charge on any atom is 0.308 e. The van der Waals surface area contributed by atoms with E-state index in [1.165, 1.54) is 7.11 Å². The maximum absolute atomic E-state index is 13.4. The third-order valence-electron chi connectivity index (χ3n) is 12.2. The van der Waals surface area contributed by atoms with Crippen LogP contribution >= 0.6 is 0 Å². The third kappa shape index (κ3) is 11.9. The predicted molar refractivity (Wildman–Crippen MR) is 217 cm³/mol. The van der Waals surface area contributed by atoms with Gasteiger partial charge in [0.1, 0.15) is 42.4 Å². The topological polar surface area (TPSA) is 225 Å². The van der Waals surface area contributed by atoms with E-state index in [2.05, 4.69) is 4.98 Å². The van der Waals surface area contributed by atoms with Gasteiger partial charge in [-0.15, -0.1) is 0 Å². The van der Waals surface area contributed by atoms with Gasteiger partial charge in [0, 0.05) is 39.0 Å². The number of aliphatic hydroxyl groups excluding tert-OH is 3. The Kier molecular flexibility index (Phi) is 17.2. The zero-order valence-electron chi connectivity index (χ0n) is 36.7. The normalized spacial score (nSPS) is 41.6. The highest BCUT2D eigenvalue weighted by molar-refractivity contribution is 5.70. The number of likely N-dealkylation sites (N-methyl/N-ethyl adjacent to an activating group) is 1. The minimum atomic E-state index is -1.49. The molecule has 2 bridgehead atoms. The Morgan fingerprint density at radius 2 is 1.75 bits per heavy atom. The number of anilines is 1. The van der Waals surface area contributed by atoms with Crippen LogP contribution in [0.15, 0.2) is 36.5 Å². The van der Waals surface area contributed by atoms with Gasteiger partial charge < -0.3 is 63.3 Å². The van der Waals surface area contributed by atoms with E-state index in [4.69, 9.17) is 38.0 Å². The number of ether oxygens (including phenoxy) is 7. The van der Waals surface area contributed by atoms with Crippen LogP contribution in [0.5, 0.6) is 0 Å². The van der Waals surface area contributed by atoms with Crippen LogP contribution in [0.4, 0.5) is 5.82 Å². The first-order valence-electron chi connectivity index (χ1n) is 21.3. The molecule has 4 N–H and O–H groups in total. The van der Waals surface area contributed by atoms with Gasteiger partial charge in [-0.1, -0.05) is 32.1 Å². The highest BCUT2D eigenvalue weighted by atomic mass is 16.7. The summed E-state index contributed by atoms with van der Waals surface area (Å²) in [7, 11) is 4.84. The Morgan fingerprint density at radius 1 is 1.02 bits per heavy atom. The molecule has 0 amide bonds. The summed E-state index contributed by atoms with van der Waals surface area (Å²) >= 11 is 0. The van der Waals surface area contributed by atoms with Crippen molar-refractivity contribution in [3.05, 3.63) is 36.5 Å². The van der Waals surface area contributed by atoms with E-state index in [0.29, 0.717) is 18.5 Å². The molecular weight excluding hydrogens is 798 g/mol. The number of methoxy groups -OCH3 is 1. The lowest BCUT2D eigenvalue weighted by molar-refractivity contribution is -0.344. The van der Waals surface area contributed by atoms with Crippen LogP contribution < -0.4 is 5.06 Å². The van der Waals surface area contributed by atoms with E-state index in [9.17, 15) is 34.8 Å². The van der Waals surface area contributed by atoms with E-state index < -0.39 is 128 Å². The zero-order chi connectivity index (χ0) is 44.8. The molecular formula is C43H67N3O15. The summed E-state index contributed by atoms with van der Waals surface area (Å²) < 4.78 is 42.7. The first-order valence-corrected chi connectivity index (χ1v) is 21.3. The summed E-state index contributed by atoms with van der Waals surface area (Å²) in [6, 6.07) is 4.17. The van der Waals surface area contributed by atoms with E-state index in [1.807, 2.05) is 19.1 Å². The van der Waals surface area contributed by atoms with Crippen molar-refractivity contribution in [2.45, 2.75) is 177 Å². The summed E-state index contributed by atoms with van der Waals surface area (Å²) in [5.74, 6) is -1.95. The van der Waals surface area contributed by atoms with Crippen molar-refractivity contribution in [1.29, 1.82) is 0 Å². The van der Waals surface area contributed by atoms with Crippen LogP contribution in [-0.2, 0) is 52.4 Å². The molecule has 6 heterocycles. The number of hydroxylamine groups is 1. The van der Waals surface area contributed by atoms with Gasteiger partial charge >= 0.3 is 11.9 Å². The molecule has 0 radical (unpaired) electrons. The number of carbonyl (C=O) groups excluding carboxylic acids is 3. The second-order valence-corrected chi connectivity index (χ2v) is 17.4. The number of nitrogens with zero attached hydrogens (tertiary/aromatic N) is 3. The standard InChI is InChI=1S/C43H67N3O15/c1-10-32(49)58-41-26(5)56-34(22-43(41,6)53)59-38-25(4)57-42(37(52)35(38)45(7)8)60-39-27(16-18-47)19-23(2)36(51)30-15-14-28(46(61-30)31-13-11-12-17-44-31)20-24(3)55-33(50)21-29(48)40(39)54-9/h11-15,17-18,23-30,34-42,48,51-53H,10,16,19-22H2,1-9H3/t23-,24-,25-,26+,27+,28+,29-,30-,34+,35-,36-,37-,38-,39+,40+,41+,42+,43-/m1/s1. The summed E-state index contributed by atoms with van der Waals surface area (Å²) in [5.41, 5.74) is -1.49. The zero-order valence-corrected chi connectivity index (χ0v) is 36.7. The number of esters is 2. The number of hydrogen-bond acceptors (Lipinski definition) is 18. The smallest absolute Gasteiger partial charge is 0.308 e. The number of fused-ring (bicyclic) bond motifs is 12. The molecule has 0 unspecified atom stereocenters. The molecule has 18 nitrogen and oxygen atoms in total. The molecule has 61 heavy (non-hydrogen) atoms. The highest BCUT2D eigenvalue weighted by Gasteiger charge is 2.53. The largest absolute Gasteiger partial charge is 0.462 e. The molecule has 0 aromatic carbocycles. The van der Waals surface area contributed by atoms with Crippen LogP contribution in [0.1, 0.15) is 80.1 Å². The fourth-order valence-electron chi connectivity index (χ4n) is 9.04. The van der Waals surface area contributed by atoms with Crippen molar-refractivity contribution >= 4 is 24.0 Å². The number of aldehydes is 1. The number of hydrogen-bond donors (Lipinski definition) is 4. The molecule has 0 saturated carbocycles. The molecule has 5 aliphatic rings. The van der Waals surface area contributed by atoms with Crippen LogP contribution in [0.25, 0.3) is 0 Å². The Hall–Kier alpha value is -3.14. The number of aromatic nitrogens is 1. The maximum atomic E-state index is 13.4. The lowest BCUT2D eigenvalue weighted by Crippen LogP contribution is -2.66. The van der Waals surface area contributed by atoms with Crippen LogP contribution in [0.2, 0.25) is 0 Å². The molecule has 3 fully saturated rings. The van der Waals surface area contributed by atoms with Crippen molar-refractivity contribution < 1.29 is 72.8 Å². The Bertz CT molecular complexity index is 1600. The Balaban J connectivity index is 1.42. The van der Waals surface area contributed by atoms with Gasteiger partial charge in [0.25, 0.3) is 0 Å². The average Bonchev–Trinajstić information content (AvgIpc) is 3.20. The summed E-state index contributed by atoms with van der Waals surface area (Å²) in [6.07, 6.45) is -7.49. The van der Waals surface area contributed by atoms with Gasteiger partial charge in [-0.05, 0) is 72.2 Å². The average molecular weight is 866 g/mol. The monoisotopic (exact) mass is 865 g/mol. The van der Waals surface area contributed by atoms with Gasteiger partial charge in [-0.2, -0.15) is 0 Å². The van der Waals surface area contributed by atoms with Crippen molar-refractivity contribution in [2.75, 3.05) is 26.3 Å². The van der Waals surface area contributed by atoms with Crippen LogP contribution in [0.3, 0.4) is 0 Å². The van der Waals surface area contributed by atoms with Gasteiger partial charge in [0.2, 0.25) is 0 Å². The molecule has 3 saturated heterocycles. The van der Waals surface area contributed by atoms with Crippen LogP contribution in [-0.4, -0.2) is 167 Å². The minimum absolute atomic E-state index is 0.0457. The van der Waals surface area contributed by atoms with E-state index in [-0.39, 0.29) is 25.7 Å². The Morgan fingerprint density at radius 3 is 2.38 bits per heavy atom. The minimum Gasteiger partial charge on any atom is -0.462 e. The molecule has 344 valence electrons. The molecule has 1 aromatic rings. The molecule has 0 spiro atoms. The number of carbonyl (C=O) groups is 3. The number of pyridine rings is 1. The summed E-state index contributed by atoms with van der Waals surface area (Å²) in [6.45, 7) is 10.2. The van der Waals surface area contributed by atoms with Gasteiger partial charge in [-0.3, -0.25) is 14.4 Å². The molecule has 0 aliphatic carbocycles. The molecule has 18 heteroatoms. The number of aliphatic hydroxyl groups is 4. The van der Waals surface area contributed by atoms with Gasteiger partial charge in [-0.25, -0.2) is 10.0 Å². The molecule has 18 atom stereocenters. The Labute approximate surface area is 358 Å². The van der Waals surface area contributed by atoms with E-state index in [0.717, 1.165) is 0 Å². The van der Waals surface area contributed by atoms with Gasteiger partial charge in [0.15, 0.2) is 24.5 Å². The quantitative estimate of drug-likeness (QED) is 0.141. The first kappa shape index (κ1) is 48.9. The van der Waals surface area contributed by atoms with Crippen molar-refractivity contribution in [1.82, 2.24) is 9.88 Å². The fraction of sp³-hybridized carbons (Fsp3) is 0.767. The molecule has 5 aliphatic heterocycles. The molecule has 6 rings (SSSR count). The SMILES string of the molecule is CCC(=O)O[C@H]1[C@H](C)O[C@@H](O[C@H]2[C@H](N(C)C)[C@@H](O)[C@H](O[C@H]3[C@@H](CC=O)C[C@@H](C)[C@@H](O)[C@H]4C=C[C@@H](C[C@@H](C)OC(=O)C[C@@H](O)[C@@H]3OC)N(c3ccccn3)O4)O[C@@H]2C)C[C@@]1(C)O. The predicted octanol–water partition coefficient (Wildman–Crippen LogP) is 1.83.